The lowest BCUT2D eigenvalue weighted by Gasteiger charge is -2.04. The number of aryl methyl sites for hydroxylation is 1. The number of amides is 1. The van der Waals surface area contributed by atoms with Gasteiger partial charge in [-0.25, -0.2) is 0 Å². The van der Waals surface area contributed by atoms with Crippen molar-refractivity contribution >= 4 is 23.3 Å². The fraction of sp³-hybridized carbons (Fsp3) is 0.158. The summed E-state index contributed by atoms with van der Waals surface area (Å²) in [6, 6.07) is 19.4. The summed E-state index contributed by atoms with van der Waals surface area (Å²) >= 11 is 5.95. The van der Waals surface area contributed by atoms with E-state index in [-0.39, 0.29) is 5.91 Å². The number of carbonyl (C=O) groups excluding carboxylic acids is 1. The van der Waals surface area contributed by atoms with Crippen molar-refractivity contribution in [2.75, 3.05) is 5.32 Å². The monoisotopic (exact) mass is 339 g/mol. The number of hydrogen-bond acceptors (Lipinski definition) is 2. The molecule has 1 heterocycles. The molecule has 5 heteroatoms. The number of anilines is 1. The van der Waals surface area contributed by atoms with Gasteiger partial charge in [0.15, 0.2) is 5.82 Å². The minimum atomic E-state index is -0.0556. The van der Waals surface area contributed by atoms with Crippen LogP contribution < -0.4 is 5.32 Å². The Balaban J connectivity index is 1.51. The van der Waals surface area contributed by atoms with E-state index in [9.17, 15) is 4.79 Å². The van der Waals surface area contributed by atoms with Crippen molar-refractivity contribution in [3.8, 4) is 0 Å². The van der Waals surface area contributed by atoms with Gasteiger partial charge >= 0.3 is 0 Å². The molecule has 0 aliphatic heterocycles. The Morgan fingerprint density at radius 1 is 1.04 bits per heavy atom. The zero-order chi connectivity index (χ0) is 16.8. The van der Waals surface area contributed by atoms with Crippen molar-refractivity contribution in [2.24, 2.45) is 0 Å². The summed E-state index contributed by atoms with van der Waals surface area (Å²) in [7, 11) is 0. The van der Waals surface area contributed by atoms with Crippen LogP contribution in [0.5, 0.6) is 0 Å². The van der Waals surface area contributed by atoms with Gasteiger partial charge in [-0.2, -0.15) is 5.10 Å². The molecule has 0 radical (unpaired) electrons. The van der Waals surface area contributed by atoms with E-state index in [2.05, 4.69) is 10.4 Å². The quantitative estimate of drug-likeness (QED) is 0.733. The van der Waals surface area contributed by atoms with Crippen LogP contribution in [0.25, 0.3) is 0 Å². The summed E-state index contributed by atoms with van der Waals surface area (Å²) in [6.45, 7) is 0.680. The molecule has 0 aliphatic carbocycles. The Kier molecular flexibility index (Phi) is 5.29. The van der Waals surface area contributed by atoms with Crippen LogP contribution in [0, 0.1) is 0 Å². The zero-order valence-corrected chi connectivity index (χ0v) is 13.9. The molecule has 0 spiro atoms. The molecule has 24 heavy (non-hydrogen) atoms. The molecule has 0 saturated heterocycles. The summed E-state index contributed by atoms with van der Waals surface area (Å²) in [4.78, 5) is 12.0. The van der Waals surface area contributed by atoms with Crippen LogP contribution in [0.15, 0.2) is 66.9 Å². The second-order valence-electron chi connectivity index (χ2n) is 5.56. The highest BCUT2D eigenvalue weighted by Crippen LogP contribution is 2.13. The molecule has 2 aromatic carbocycles. The molecule has 1 aromatic heterocycles. The van der Waals surface area contributed by atoms with E-state index >= 15 is 0 Å². The topological polar surface area (TPSA) is 46.9 Å². The maximum atomic E-state index is 12.0. The van der Waals surface area contributed by atoms with Gasteiger partial charge in [0.1, 0.15) is 0 Å². The van der Waals surface area contributed by atoms with Gasteiger partial charge < -0.3 is 5.32 Å². The number of halogens is 1. The fourth-order valence-electron chi connectivity index (χ4n) is 2.44. The Morgan fingerprint density at radius 3 is 2.62 bits per heavy atom. The number of benzene rings is 2. The van der Waals surface area contributed by atoms with Gasteiger partial charge in [0.05, 0.1) is 6.54 Å². The number of nitrogens with zero attached hydrogens (tertiary/aromatic N) is 2. The van der Waals surface area contributed by atoms with Crippen LogP contribution >= 0.6 is 11.6 Å². The molecular formula is C19H18ClN3O. The third-order valence-corrected chi connectivity index (χ3v) is 3.86. The van der Waals surface area contributed by atoms with Gasteiger partial charge in [-0.1, -0.05) is 54.1 Å². The highest BCUT2D eigenvalue weighted by atomic mass is 35.5. The Morgan fingerprint density at radius 2 is 1.83 bits per heavy atom. The van der Waals surface area contributed by atoms with Crippen LogP contribution in [0.4, 0.5) is 5.82 Å². The van der Waals surface area contributed by atoms with E-state index < -0.39 is 0 Å². The highest BCUT2D eigenvalue weighted by Gasteiger charge is 2.06. The molecule has 0 aliphatic rings. The van der Waals surface area contributed by atoms with Crippen LogP contribution in [0.3, 0.4) is 0 Å². The van der Waals surface area contributed by atoms with Gasteiger partial charge in [-0.3, -0.25) is 9.48 Å². The molecule has 0 fully saturated rings. The maximum absolute atomic E-state index is 12.0. The molecule has 4 nitrogen and oxygen atoms in total. The summed E-state index contributed by atoms with van der Waals surface area (Å²) in [6.07, 6.45) is 2.91. The van der Waals surface area contributed by atoms with E-state index in [1.165, 1.54) is 5.56 Å². The second-order valence-corrected chi connectivity index (χ2v) is 6.00. The van der Waals surface area contributed by atoms with E-state index in [4.69, 9.17) is 11.6 Å². The van der Waals surface area contributed by atoms with Crippen LogP contribution in [0.2, 0.25) is 5.02 Å². The van der Waals surface area contributed by atoms with Gasteiger partial charge in [0.25, 0.3) is 0 Å². The summed E-state index contributed by atoms with van der Waals surface area (Å²) in [5.74, 6) is 0.516. The minimum absolute atomic E-state index is 0.0556. The number of rotatable bonds is 6. The average Bonchev–Trinajstić information content (AvgIpc) is 3.01. The van der Waals surface area contributed by atoms with Gasteiger partial charge in [0, 0.05) is 23.7 Å². The Bertz CT molecular complexity index is 814. The standard InChI is InChI=1S/C19H18ClN3O/c20-17-8-4-7-15(13-17)9-10-19(24)21-18-11-12-23(22-18)14-16-5-2-1-3-6-16/h1-8,11-13H,9-10,14H2,(H,21,22,24). The van der Waals surface area contributed by atoms with Crippen molar-refractivity contribution in [1.82, 2.24) is 9.78 Å². The van der Waals surface area contributed by atoms with Crippen molar-refractivity contribution in [1.29, 1.82) is 0 Å². The summed E-state index contributed by atoms with van der Waals surface area (Å²) in [5.41, 5.74) is 2.21. The van der Waals surface area contributed by atoms with E-state index in [0.717, 1.165) is 5.56 Å². The maximum Gasteiger partial charge on any atom is 0.225 e. The summed E-state index contributed by atoms with van der Waals surface area (Å²) in [5, 5.41) is 7.89. The van der Waals surface area contributed by atoms with Gasteiger partial charge in [0.2, 0.25) is 5.91 Å². The average molecular weight is 340 g/mol. The largest absolute Gasteiger partial charge is 0.309 e. The SMILES string of the molecule is O=C(CCc1cccc(Cl)c1)Nc1ccn(Cc2ccccc2)n1. The molecule has 3 aromatic rings. The fourth-order valence-corrected chi connectivity index (χ4v) is 2.66. The molecule has 1 N–H and O–H groups in total. The smallest absolute Gasteiger partial charge is 0.225 e. The van der Waals surface area contributed by atoms with Gasteiger partial charge in [-0.05, 0) is 29.7 Å². The zero-order valence-electron chi connectivity index (χ0n) is 13.2. The molecule has 0 saturated carbocycles. The molecule has 1 amide bonds. The predicted octanol–water partition coefficient (Wildman–Crippen LogP) is 4.16. The number of nitrogens with one attached hydrogen (secondary N) is 1. The first-order valence-electron chi connectivity index (χ1n) is 7.81. The minimum Gasteiger partial charge on any atom is -0.309 e. The van der Waals surface area contributed by atoms with Crippen LogP contribution in [-0.2, 0) is 17.8 Å². The summed E-state index contributed by atoms with van der Waals surface area (Å²) < 4.78 is 1.81. The number of carbonyl (C=O) groups is 1. The molecule has 0 unspecified atom stereocenters. The molecule has 122 valence electrons. The van der Waals surface area contributed by atoms with E-state index in [1.807, 2.05) is 65.5 Å². The molecular weight excluding hydrogens is 322 g/mol. The lowest BCUT2D eigenvalue weighted by Crippen LogP contribution is -2.13. The number of hydrogen-bond donors (Lipinski definition) is 1. The Hall–Kier alpha value is -2.59. The van der Waals surface area contributed by atoms with Crippen molar-refractivity contribution in [2.45, 2.75) is 19.4 Å². The first kappa shape index (κ1) is 16.3. The van der Waals surface area contributed by atoms with Gasteiger partial charge in [-0.15, -0.1) is 0 Å². The third-order valence-electron chi connectivity index (χ3n) is 3.63. The predicted molar refractivity (Wildman–Crippen MR) is 96.2 cm³/mol. The van der Waals surface area contributed by atoms with Crippen LogP contribution in [-0.4, -0.2) is 15.7 Å². The van der Waals surface area contributed by atoms with Crippen LogP contribution in [0.1, 0.15) is 17.5 Å². The molecule has 0 bridgehead atoms. The Labute approximate surface area is 146 Å². The van der Waals surface area contributed by atoms with E-state index in [0.29, 0.717) is 30.2 Å². The lowest BCUT2D eigenvalue weighted by atomic mass is 10.1. The third kappa shape index (κ3) is 4.70. The highest BCUT2D eigenvalue weighted by molar-refractivity contribution is 6.30. The van der Waals surface area contributed by atoms with Crippen molar-refractivity contribution in [3.05, 3.63) is 83.0 Å². The molecule has 3 rings (SSSR count). The number of aromatic nitrogens is 2. The van der Waals surface area contributed by atoms with Crippen molar-refractivity contribution < 1.29 is 4.79 Å². The molecule has 0 atom stereocenters. The first-order valence-corrected chi connectivity index (χ1v) is 8.18. The van der Waals surface area contributed by atoms with Crippen molar-refractivity contribution in [3.63, 3.8) is 0 Å². The van der Waals surface area contributed by atoms with E-state index in [1.54, 1.807) is 6.07 Å². The lowest BCUT2D eigenvalue weighted by molar-refractivity contribution is -0.116. The normalized spacial score (nSPS) is 10.5. The second kappa shape index (κ2) is 7.79. The first-order chi connectivity index (χ1) is 11.7.